The van der Waals surface area contributed by atoms with E-state index in [0.29, 0.717) is 28.2 Å². The number of hydrogen-bond donors (Lipinski definition) is 1. The molecule has 0 fully saturated rings. The number of nitrogens with zero attached hydrogens (tertiary/aromatic N) is 2. The first-order chi connectivity index (χ1) is 11.6. The average molecular weight is 327 g/mol. The van der Waals surface area contributed by atoms with E-state index in [1.165, 1.54) is 25.3 Å². The van der Waals surface area contributed by atoms with E-state index in [1.54, 1.807) is 24.3 Å². The molecule has 3 rings (SSSR count). The van der Waals surface area contributed by atoms with Crippen LogP contribution in [0.3, 0.4) is 0 Å². The Balaban J connectivity index is 1.84. The Kier molecular flexibility index (Phi) is 4.11. The predicted octanol–water partition coefficient (Wildman–Crippen LogP) is 2.42. The number of nitrogens with one attached hydrogen (secondary N) is 1. The van der Waals surface area contributed by atoms with Crippen LogP contribution in [-0.4, -0.2) is 22.0 Å². The minimum atomic E-state index is -0.504. The number of fused-ring (bicyclic) bond motifs is 1. The van der Waals surface area contributed by atoms with Crippen molar-refractivity contribution in [3.05, 3.63) is 68.8 Å². The van der Waals surface area contributed by atoms with E-state index in [4.69, 9.17) is 9.47 Å². The summed E-state index contributed by atoms with van der Waals surface area (Å²) in [6.45, 7) is -0.0155. The highest BCUT2D eigenvalue weighted by Gasteiger charge is 2.09. The van der Waals surface area contributed by atoms with Gasteiger partial charge in [0.25, 0.3) is 11.2 Å². The van der Waals surface area contributed by atoms with Crippen molar-refractivity contribution >= 4 is 16.6 Å². The van der Waals surface area contributed by atoms with Crippen molar-refractivity contribution in [1.82, 2.24) is 9.97 Å². The van der Waals surface area contributed by atoms with Gasteiger partial charge in [0.2, 0.25) is 0 Å². The molecule has 1 heterocycles. The SMILES string of the molecule is COc1ccc2nc(COc3cccc([N+](=O)[O-])c3)[nH]c(=O)c2c1. The highest BCUT2D eigenvalue weighted by molar-refractivity contribution is 5.79. The zero-order valence-electron chi connectivity index (χ0n) is 12.7. The fourth-order valence-corrected chi connectivity index (χ4v) is 2.20. The minimum absolute atomic E-state index is 0.0155. The topological polar surface area (TPSA) is 107 Å². The van der Waals surface area contributed by atoms with Crippen LogP contribution >= 0.6 is 0 Å². The number of nitro groups is 1. The molecule has 0 radical (unpaired) electrons. The monoisotopic (exact) mass is 327 g/mol. The van der Waals surface area contributed by atoms with Gasteiger partial charge in [0.1, 0.15) is 23.9 Å². The van der Waals surface area contributed by atoms with E-state index in [0.717, 1.165) is 0 Å². The molecule has 0 aliphatic carbocycles. The number of aromatic amines is 1. The lowest BCUT2D eigenvalue weighted by Gasteiger charge is -2.07. The Bertz CT molecular complexity index is 967. The summed E-state index contributed by atoms with van der Waals surface area (Å²) in [4.78, 5) is 29.3. The molecule has 24 heavy (non-hydrogen) atoms. The first kappa shape index (κ1) is 15.5. The Morgan fingerprint density at radius 1 is 1.21 bits per heavy atom. The fourth-order valence-electron chi connectivity index (χ4n) is 2.20. The Labute approximate surface area is 135 Å². The Morgan fingerprint density at radius 3 is 2.79 bits per heavy atom. The standard InChI is InChI=1S/C16H13N3O5/c1-23-11-5-6-14-13(8-11)16(20)18-15(17-14)9-24-12-4-2-3-10(7-12)19(21)22/h2-8H,9H2,1H3,(H,17,18,20). The third-order valence-corrected chi connectivity index (χ3v) is 3.37. The van der Waals surface area contributed by atoms with Gasteiger partial charge in [-0.2, -0.15) is 0 Å². The summed E-state index contributed by atoms with van der Waals surface area (Å²) in [5, 5.41) is 11.2. The molecule has 0 aliphatic rings. The number of non-ortho nitro benzene ring substituents is 1. The first-order valence-corrected chi connectivity index (χ1v) is 7.01. The second kappa shape index (κ2) is 6.37. The van der Waals surface area contributed by atoms with E-state index in [-0.39, 0.29) is 17.9 Å². The molecule has 0 saturated heterocycles. The van der Waals surface area contributed by atoms with Crippen molar-refractivity contribution in [1.29, 1.82) is 0 Å². The average Bonchev–Trinajstić information content (AvgIpc) is 2.60. The fraction of sp³-hybridized carbons (Fsp3) is 0.125. The molecule has 1 aromatic heterocycles. The molecule has 8 heteroatoms. The van der Waals surface area contributed by atoms with Crippen molar-refractivity contribution in [3.63, 3.8) is 0 Å². The van der Waals surface area contributed by atoms with E-state index < -0.39 is 4.92 Å². The van der Waals surface area contributed by atoms with Crippen LogP contribution in [0.4, 0.5) is 5.69 Å². The van der Waals surface area contributed by atoms with Gasteiger partial charge >= 0.3 is 0 Å². The van der Waals surface area contributed by atoms with Gasteiger partial charge in [-0.15, -0.1) is 0 Å². The molecule has 0 saturated carbocycles. The Morgan fingerprint density at radius 2 is 2.04 bits per heavy atom. The largest absolute Gasteiger partial charge is 0.497 e. The van der Waals surface area contributed by atoms with Crippen LogP contribution in [0, 0.1) is 10.1 Å². The quantitative estimate of drug-likeness (QED) is 0.569. The number of benzene rings is 2. The summed E-state index contributed by atoms with van der Waals surface area (Å²) in [5.41, 5.74) is 0.133. The highest BCUT2D eigenvalue weighted by atomic mass is 16.6. The molecule has 1 N–H and O–H groups in total. The van der Waals surface area contributed by atoms with Crippen molar-refractivity contribution in [3.8, 4) is 11.5 Å². The molecule has 2 aromatic carbocycles. The molecule has 122 valence electrons. The molecule has 0 spiro atoms. The molecular formula is C16H13N3O5. The lowest BCUT2D eigenvalue weighted by molar-refractivity contribution is -0.384. The third-order valence-electron chi connectivity index (χ3n) is 3.37. The molecule has 0 bridgehead atoms. The number of ether oxygens (including phenoxy) is 2. The van der Waals surface area contributed by atoms with Gasteiger partial charge in [-0.05, 0) is 24.3 Å². The van der Waals surface area contributed by atoms with E-state index in [9.17, 15) is 14.9 Å². The highest BCUT2D eigenvalue weighted by Crippen LogP contribution is 2.20. The van der Waals surface area contributed by atoms with Gasteiger partial charge < -0.3 is 14.5 Å². The van der Waals surface area contributed by atoms with Gasteiger partial charge in [-0.1, -0.05) is 6.07 Å². The summed E-state index contributed by atoms with van der Waals surface area (Å²) < 4.78 is 10.6. The van der Waals surface area contributed by atoms with Gasteiger partial charge in [-0.3, -0.25) is 14.9 Å². The lowest BCUT2D eigenvalue weighted by atomic mass is 10.2. The second-order valence-corrected chi connectivity index (χ2v) is 4.94. The molecule has 0 unspecified atom stereocenters. The zero-order chi connectivity index (χ0) is 17.1. The number of rotatable bonds is 5. The third kappa shape index (κ3) is 3.17. The van der Waals surface area contributed by atoms with Crippen LogP contribution in [0.5, 0.6) is 11.5 Å². The maximum absolute atomic E-state index is 12.1. The van der Waals surface area contributed by atoms with Gasteiger partial charge in [0.05, 0.1) is 29.0 Å². The summed E-state index contributed by atoms with van der Waals surface area (Å²) in [6.07, 6.45) is 0. The molecule has 8 nitrogen and oxygen atoms in total. The summed E-state index contributed by atoms with van der Waals surface area (Å²) in [5.74, 6) is 1.21. The number of nitro benzene ring substituents is 1. The maximum Gasteiger partial charge on any atom is 0.273 e. The molecule has 0 atom stereocenters. The van der Waals surface area contributed by atoms with Crippen LogP contribution in [0.25, 0.3) is 10.9 Å². The Hall–Kier alpha value is -3.42. The summed E-state index contributed by atoms with van der Waals surface area (Å²) in [6, 6.07) is 10.8. The number of H-pyrrole nitrogens is 1. The van der Waals surface area contributed by atoms with Crippen LogP contribution in [0.15, 0.2) is 47.3 Å². The van der Waals surface area contributed by atoms with Crippen LogP contribution in [0.2, 0.25) is 0 Å². The van der Waals surface area contributed by atoms with E-state index in [1.807, 2.05) is 0 Å². The van der Waals surface area contributed by atoms with Crippen LogP contribution in [0.1, 0.15) is 5.82 Å². The van der Waals surface area contributed by atoms with Gasteiger partial charge in [0.15, 0.2) is 0 Å². The van der Waals surface area contributed by atoms with E-state index >= 15 is 0 Å². The molecule has 0 aliphatic heterocycles. The zero-order valence-corrected chi connectivity index (χ0v) is 12.7. The van der Waals surface area contributed by atoms with Crippen molar-refractivity contribution in [2.45, 2.75) is 6.61 Å². The smallest absolute Gasteiger partial charge is 0.273 e. The number of methoxy groups -OCH3 is 1. The van der Waals surface area contributed by atoms with Crippen molar-refractivity contribution in [2.24, 2.45) is 0 Å². The minimum Gasteiger partial charge on any atom is -0.497 e. The van der Waals surface area contributed by atoms with Crippen molar-refractivity contribution in [2.75, 3.05) is 7.11 Å². The second-order valence-electron chi connectivity index (χ2n) is 4.94. The molecular weight excluding hydrogens is 314 g/mol. The molecule has 0 amide bonds. The van der Waals surface area contributed by atoms with Crippen LogP contribution in [-0.2, 0) is 6.61 Å². The van der Waals surface area contributed by atoms with Gasteiger partial charge in [-0.25, -0.2) is 4.98 Å². The van der Waals surface area contributed by atoms with Crippen LogP contribution < -0.4 is 15.0 Å². The summed E-state index contributed by atoms with van der Waals surface area (Å²) in [7, 11) is 1.52. The van der Waals surface area contributed by atoms with Gasteiger partial charge in [0, 0.05) is 6.07 Å². The maximum atomic E-state index is 12.1. The number of aromatic nitrogens is 2. The lowest BCUT2D eigenvalue weighted by Crippen LogP contribution is -2.13. The van der Waals surface area contributed by atoms with Crippen molar-refractivity contribution < 1.29 is 14.4 Å². The normalized spacial score (nSPS) is 10.5. The first-order valence-electron chi connectivity index (χ1n) is 7.01. The predicted molar refractivity (Wildman–Crippen MR) is 86.3 cm³/mol. The number of hydrogen-bond acceptors (Lipinski definition) is 6. The van der Waals surface area contributed by atoms with E-state index in [2.05, 4.69) is 9.97 Å². The molecule has 3 aromatic rings. The summed E-state index contributed by atoms with van der Waals surface area (Å²) >= 11 is 0.